The Balaban J connectivity index is 1.49. The fourth-order valence-electron chi connectivity index (χ4n) is 6.07. The average molecular weight is 641 g/mol. The van der Waals surface area contributed by atoms with Crippen LogP contribution in [0.25, 0.3) is 10.8 Å². The summed E-state index contributed by atoms with van der Waals surface area (Å²) in [5, 5.41) is 2.42. The molecule has 5 rings (SSSR count). The van der Waals surface area contributed by atoms with Crippen molar-refractivity contribution in [3.63, 3.8) is 0 Å². The van der Waals surface area contributed by atoms with Gasteiger partial charge in [0.05, 0.1) is 5.69 Å². The lowest BCUT2D eigenvalue weighted by Crippen LogP contribution is -2.23. The van der Waals surface area contributed by atoms with Gasteiger partial charge in [-0.05, 0) is 97.2 Å². The Kier molecular flexibility index (Phi) is 12.8. The minimum absolute atomic E-state index is 0.919. The molecule has 0 fully saturated rings. The van der Waals surface area contributed by atoms with Gasteiger partial charge < -0.3 is 9.80 Å². The molecule has 4 aromatic rings. The molecule has 0 saturated heterocycles. The highest BCUT2D eigenvalue weighted by Gasteiger charge is 2.19. The first-order valence-corrected chi connectivity index (χ1v) is 17.5. The lowest BCUT2D eigenvalue weighted by Gasteiger charge is -2.31. The van der Waals surface area contributed by atoms with E-state index in [-0.39, 0.29) is 0 Å². The molecule has 0 aromatic heterocycles. The van der Waals surface area contributed by atoms with Crippen LogP contribution in [0.15, 0.2) is 211 Å². The normalized spacial score (nSPS) is 14.3. The predicted molar refractivity (Wildman–Crippen MR) is 215 cm³/mol. The molecule has 1 aliphatic rings. The van der Waals surface area contributed by atoms with E-state index in [1.165, 1.54) is 22.0 Å². The van der Waals surface area contributed by atoms with Gasteiger partial charge in [0.15, 0.2) is 0 Å². The number of benzene rings is 4. The van der Waals surface area contributed by atoms with Crippen LogP contribution >= 0.6 is 0 Å². The Morgan fingerprint density at radius 1 is 0.776 bits per heavy atom. The van der Waals surface area contributed by atoms with Crippen molar-refractivity contribution < 1.29 is 0 Å². The van der Waals surface area contributed by atoms with Crippen molar-refractivity contribution in [2.45, 2.75) is 46.5 Å². The van der Waals surface area contributed by atoms with Crippen LogP contribution in [0, 0.1) is 0 Å². The molecule has 4 aromatic carbocycles. The van der Waals surface area contributed by atoms with Gasteiger partial charge in [0, 0.05) is 34.4 Å². The van der Waals surface area contributed by atoms with Crippen molar-refractivity contribution in [1.29, 1.82) is 0 Å². The van der Waals surface area contributed by atoms with Gasteiger partial charge in [-0.1, -0.05) is 148 Å². The third-order valence-electron chi connectivity index (χ3n) is 8.41. The SMILES string of the molecule is C=C(/C=C\C(=C/CC)N(C1=C(/C=C\CC)C=CCC1)c1ccccc1)C(/C=C\C)=C/C=C/N(c1ccccc1)c1cccc2ccccc12. The van der Waals surface area contributed by atoms with Crippen molar-refractivity contribution in [3.05, 3.63) is 211 Å². The molecule has 2 nitrogen and oxygen atoms in total. The topological polar surface area (TPSA) is 6.48 Å². The zero-order chi connectivity index (χ0) is 34.3. The number of hydrogen-bond donors (Lipinski definition) is 0. The van der Waals surface area contributed by atoms with Crippen molar-refractivity contribution in [1.82, 2.24) is 0 Å². The number of allylic oxidation sites excluding steroid dienone is 15. The van der Waals surface area contributed by atoms with Crippen LogP contribution in [0.5, 0.6) is 0 Å². The fourth-order valence-corrected chi connectivity index (χ4v) is 6.07. The van der Waals surface area contributed by atoms with Crippen molar-refractivity contribution in [2.75, 3.05) is 9.80 Å². The van der Waals surface area contributed by atoms with Crippen LogP contribution in [-0.2, 0) is 0 Å². The number of anilines is 3. The number of para-hydroxylation sites is 2. The highest BCUT2D eigenvalue weighted by Crippen LogP contribution is 2.34. The maximum Gasteiger partial charge on any atom is 0.0533 e. The van der Waals surface area contributed by atoms with Gasteiger partial charge in [0.2, 0.25) is 0 Å². The Morgan fingerprint density at radius 3 is 2.22 bits per heavy atom. The van der Waals surface area contributed by atoms with E-state index in [1.54, 1.807) is 0 Å². The molecule has 0 heterocycles. The van der Waals surface area contributed by atoms with E-state index in [0.717, 1.165) is 59.6 Å². The minimum atomic E-state index is 0.919. The Morgan fingerprint density at radius 2 is 1.49 bits per heavy atom. The number of rotatable bonds is 14. The molecule has 0 amide bonds. The lowest BCUT2D eigenvalue weighted by atomic mass is 9.99. The Labute approximate surface area is 294 Å². The number of fused-ring (bicyclic) bond motifs is 1. The molecule has 0 spiro atoms. The van der Waals surface area contributed by atoms with E-state index in [1.807, 2.05) is 0 Å². The summed E-state index contributed by atoms with van der Waals surface area (Å²) in [5.41, 5.74) is 9.11. The van der Waals surface area contributed by atoms with Crippen LogP contribution in [0.4, 0.5) is 17.1 Å². The van der Waals surface area contributed by atoms with Gasteiger partial charge in [-0.25, -0.2) is 0 Å². The van der Waals surface area contributed by atoms with Gasteiger partial charge in [0.25, 0.3) is 0 Å². The molecule has 49 heavy (non-hydrogen) atoms. The fraction of sp³-hybridized carbons (Fsp3) is 0.149. The smallest absolute Gasteiger partial charge is 0.0533 e. The van der Waals surface area contributed by atoms with E-state index in [2.05, 4.69) is 213 Å². The van der Waals surface area contributed by atoms with Crippen LogP contribution in [0.1, 0.15) is 46.5 Å². The second-order valence-electron chi connectivity index (χ2n) is 11.9. The van der Waals surface area contributed by atoms with Gasteiger partial charge in [-0.2, -0.15) is 0 Å². The van der Waals surface area contributed by atoms with E-state index in [4.69, 9.17) is 0 Å². The van der Waals surface area contributed by atoms with Crippen molar-refractivity contribution in [3.8, 4) is 0 Å². The van der Waals surface area contributed by atoms with Gasteiger partial charge in [-0.15, -0.1) is 0 Å². The van der Waals surface area contributed by atoms with E-state index in [0.29, 0.717) is 0 Å². The zero-order valence-electron chi connectivity index (χ0n) is 29.2. The second-order valence-corrected chi connectivity index (χ2v) is 11.9. The summed E-state index contributed by atoms with van der Waals surface area (Å²) in [6.45, 7) is 11.0. The summed E-state index contributed by atoms with van der Waals surface area (Å²) >= 11 is 0. The molecule has 0 bridgehead atoms. The average Bonchev–Trinajstić information content (AvgIpc) is 3.15. The third kappa shape index (κ3) is 9.06. The van der Waals surface area contributed by atoms with Crippen LogP contribution in [0.3, 0.4) is 0 Å². The van der Waals surface area contributed by atoms with Gasteiger partial charge in [-0.3, -0.25) is 0 Å². The van der Waals surface area contributed by atoms with E-state index >= 15 is 0 Å². The van der Waals surface area contributed by atoms with Crippen molar-refractivity contribution >= 4 is 27.8 Å². The van der Waals surface area contributed by atoms with Gasteiger partial charge in [0.1, 0.15) is 0 Å². The highest BCUT2D eigenvalue weighted by molar-refractivity contribution is 5.96. The maximum atomic E-state index is 4.53. The number of nitrogens with zero attached hydrogens (tertiary/aromatic N) is 2. The summed E-state index contributed by atoms with van der Waals surface area (Å²) < 4.78 is 0. The zero-order valence-corrected chi connectivity index (χ0v) is 29.2. The third-order valence-corrected chi connectivity index (χ3v) is 8.41. The van der Waals surface area contributed by atoms with E-state index < -0.39 is 0 Å². The summed E-state index contributed by atoms with van der Waals surface area (Å²) in [5.74, 6) is 0. The quantitative estimate of drug-likeness (QED) is 0.127. The Hall–Kier alpha value is -5.60. The monoisotopic (exact) mass is 640 g/mol. The molecule has 0 aliphatic heterocycles. The molecular formula is C47H48N2. The van der Waals surface area contributed by atoms with Crippen LogP contribution in [0.2, 0.25) is 0 Å². The standard InChI is InChI=1S/C47H48N2/c1-5-8-23-41-25-16-18-33-46(41)49(44-30-13-10-14-31-44)43(22-7-3)36-35-38(4)39(21-6-2)27-20-37-48(42-28-11-9-12-29-42)47-34-19-26-40-24-15-17-32-45(40)47/h6,8-17,19-32,34-37H,4-5,7,18,33H2,1-3H3/b21-6-,23-8-,36-35-,37-20+,39-27+,43-22+. The van der Waals surface area contributed by atoms with Gasteiger partial charge >= 0.3 is 0 Å². The van der Waals surface area contributed by atoms with Crippen LogP contribution in [-0.4, -0.2) is 0 Å². The molecular weight excluding hydrogens is 593 g/mol. The van der Waals surface area contributed by atoms with Crippen molar-refractivity contribution in [2.24, 2.45) is 0 Å². The molecule has 0 radical (unpaired) electrons. The largest absolute Gasteiger partial charge is 0.317 e. The Bertz CT molecular complexity index is 1940. The summed E-state index contributed by atoms with van der Waals surface area (Å²) in [7, 11) is 0. The molecule has 246 valence electrons. The molecule has 0 saturated carbocycles. The maximum absolute atomic E-state index is 4.53. The molecule has 0 atom stereocenters. The summed E-state index contributed by atoms with van der Waals surface area (Å²) in [6, 6.07) is 36.2. The first-order valence-electron chi connectivity index (χ1n) is 17.5. The predicted octanol–water partition coefficient (Wildman–Crippen LogP) is 13.5. The first-order chi connectivity index (χ1) is 24.1. The van der Waals surface area contributed by atoms with Crippen LogP contribution < -0.4 is 9.80 Å². The second kappa shape index (κ2) is 18.1. The molecule has 0 N–H and O–H groups in total. The molecule has 0 unspecified atom stereocenters. The summed E-state index contributed by atoms with van der Waals surface area (Å²) in [4.78, 5) is 4.68. The lowest BCUT2D eigenvalue weighted by molar-refractivity contribution is 0.885. The summed E-state index contributed by atoms with van der Waals surface area (Å²) in [6.07, 6.45) is 30.3. The number of hydrogen-bond acceptors (Lipinski definition) is 2. The minimum Gasteiger partial charge on any atom is -0.317 e. The molecule has 1 aliphatic carbocycles. The first kappa shape index (κ1) is 34.7. The van der Waals surface area contributed by atoms with E-state index in [9.17, 15) is 0 Å². The molecule has 2 heteroatoms. The highest BCUT2D eigenvalue weighted by atomic mass is 15.2.